The summed E-state index contributed by atoms with van der Waals surface area (Å²) in [5.74, 6) is 0. The SMILES string of the molecule is CCCCCNC(=S)N/C(=C(/C#N)C(=S)NCCCCC)c1cccc(C)c1. The van der Waals surface area contributed by atoms with Crippen molar-refractivity contribution in [2.75, 3.05) is 13.1 Å². The number of rotatable bonds is 11. The second-order valence-electron chi connectivity index (χ2n) is 6.78. The highest BCUT2D eigenvalue weighted by molar-refractivity contribution is 7.81. The number of unbranched alkanes of at least 4 members (excludes halogenated alkanes) is 4. The van der Waals surface area contributed by atoms with E-state index in [0.717, 1.165) is 62.7 Å². The Morgan fingerprint density at radius 1 is 1.00 bits per heavy atom. The molecule has 0 atom stereocenters. The van der Waals surface area contributed by atoms with Crippen molar-refractivity contribution in [1.29, 1.82) is 5.26 Å². The topological polar surface area (TPSA) is 59.9 Å². The Labute approximate surface area is 180 Å². The molecule has 0 saturated heterocycles. The third-order valence-electron chi connectivity index (χ3n) is 4.27. The Morgan fingerprint density at radius 3 is 2.21 bits per heavy atom. The van der Waals surface area contributed by atoms with Gasteiger partial charge in [0.05, 0.1) is 5.70 Å². The van der Waals surface area contributed by atoms with Crippen molar-refractivity contribution in [3.63, 3.8) is 0 Å². The van der Waals surface area contributed by atoms with Crippen molar-refractivity contribution in [1.82, 2.24) is 16.0 Å². The van der Waals surface area contributed by atoms with Crippen molar-refractivity contribution in [2.24, 2.45) is 0 Å². The second-order valence-corrected chi connectivity index (χ2v) is 7.60. The summed E-state index contributed by atoms with van der Waals surface area (Å²) in [5, 5.41) is 20.0. The Hall–Kier alpha value is -1.97. The lowest BCUT2D eigenvalue weighted by molar-refractivity contribution is 0.694. The molecule has 1 aromatic carbocycles. The maximum Gasteiger partial charge on any atom is 0.170 e. The molecule has 0 aliphatic rings. The van der Waals surface area contributed by atoms with Crippen molar-refractivity contribution >= 4 is 40.2 Å². The first kappa shape index (κ1) is 24.1. The number of nitrogens with one attached hydrogen (secondary N) is 3. The molecule has 28 heavy (non-hydrogen) atoms. The van der Waals surface area contributed by atoms with Crippen LogP contribution in [-0.2, 0) is 0 Å². The molecule has 0 unspecified atom stereocenters. The number of aryl methyl sites for hydroxylation is 1. The Bertz CT molecular complexity index is 719. The number of benzene rings is 1. The monoisotopic (exact) mass is 416 g/mol. The van der Waals surface area contributed by atoms with Gasteiger partial charge in [-0.25, -0.2) is 0 Å². The van der Waals surface area contributed by atoms with Crippen molar-refractivity contribution in [3.8, 4) is 6.07 Å². The van der Waals surface area contributed by atoms with Crippen LogP contribution in [0.15, 0.2) is 29.8 Å². The Balaban J connectivity index is 3.03. The minimum Gasteiger partial charge on any atom is -0.375 e. The van der Waals surface area contributed by atoms with Gasteiger partial charge in [-0.05, 0) is 43.6 Å². The van der Waals surface area contributed by atoms with E-state index in [1.54, 1.807) is 0 Å². The van der Waals surface area contributed by atoms with Crippen LogP contribution in [0.5, 0.6) is 0 Å². The molecule has 0 heterocycles. The molecule has 6 heteroatoms. The molecule has 1 aromatic rings. The van der Waals surface area contributed by atoms with E-state index >= 15 is 0 Å². The third-order valence-corrected chi connectivity index (χ3v) is 4.86. The van der Waals surface area contributed by atoms with Crippen molar-refractivity contribution in [2.45, 2.75) is 59.3 Å². The molecule has 0 saturated carbocycles. The maximum absolute atomic E-state index is 9.82. The number of nitrogens with zero attached hydrogens (tertiary/aromatic N) is 1. The lowest BCUT2D eigenvalue weighted by atomic mass is 10.0. The van der Waals surface area contributed by atoms with E-state index in [9.17, 15) is 5.26 Å². The molecule has 0 bridgehead atoms. The minimum atomic E-state index is 0.412. The van der Waals surface area contributed by atoms with E-state index in [1.165, 1.54) is 0 Å². The lowest BCUT2D eigenvalue weighted by Gasteiger charge is -2.17. The predicted molar refractivity (Wildman–Crippen MR) is 127 cm³/mol. The van der Waals surface area contributed by atoms with Crippen molar-refractivity contribution in [3.05, 3.63) is 41.0 Å². The quantitative estimate of drug-likeness (QED) is 0.204. The average Bonchev–Trinajstić information content (AvgIpc) is 2.68. The van der Waals surface area contributed by atoms with Crippen LogP contribution in [0.25, 0.3) is 5.70 Å². The van der Waals surface area contributed by atoms with E-state index in [2.05, 4.69) is 35.9 Å². The standard InChI is InChI=1S/C22H32N4S2/c1-4-6-8-13-24-21(27)19(16-23)20(18-12-10-11-17(3)15-18)26-22(28)25-14-9-7-5-2/h10-12,15H,4-9,13-14H2,1-3H3,(H,24,27)(H2,25,26,28)/b20-19-. The van der Waals surface area contributed by atoms with Gasteiger partial charge in [0.1, 0.15) is 16.6 Å². The zero-order valence-corrected chi connectivity index (χ0v) is 18.9. The summed E-state index contributed by atoms with van der Waals surface area (Å²) in [6.45, 7) is 7.92. The predicted octanol–water partition coefficient (Wildman–Crippen LogP) is 4.99. The van der Waals surface area contributed by atoms with Gasteiger partial charge in [-0.15, -0.1) is 0 Å². The molecular formula is C22H32N4S2. The summed E-state index contributed by atoms with van der Waals surface area (Å²) in [6.07, 6.45) is 6.68. The van der Waals surface area contributed by atoms with Gasteiger partial charge in [-0.3, -0.25) is 0 Å². The van der Waals surface area contributed by atoms with E-state index in [4.69, 9.17) is 24.4 Å². The Kier molecular flexibility index (Phi) is 12.1. The molecule has 4 nitrogen and oxygen atoms in total. The van der Waals surface area contributed by atoms with Gasteiger partial charge < -0.3 is 16.0 Å². The highest BCUT2D eigenvalue weighted by atomic mass is 32.1. The van der Waals surface area contributed by atoms with E-state index in [-0.39, 0.29) is 0 Å². The van der Waals surface area contributed by atoms with Gasteiger partial charge >= 0.3 is 0 Å². The Morgan fingerprint density at radius 2 is 1.64 bits per heavy atom. The fourth-order valence-electron chi connectivity index (χ4n) is 2.70. The largest absolute Gasteiger partial charge is 0.375 e. The van der Waals surface area contributed by atoms with Crippen molar-refractivity contribution < 1.29 is 0 Å². The minimum absolute atomic E-state index is 0.412. The highest BCUT2D eigenvalue weighted by Gasteiger charge is 2.15. The summed E-state index contributed by atoms with van der Waals surface area (Å²) in [4.78, 5) is 0.455. The van der Waals surface area contributed by atoms with Crippen LogP contribution in [0.2, 0.25) is 0 Å². The first-order valence-corrected chi connectivity index (χ1v) is 10.9. The molecule has 0 aromatic heterocycles. The molecule has 1 rings (SSSR count). The second kappa shape index (κ2) is 14.1. The number of thiocarbonyl (C=S) groups is 2. The number of nitriles is 1. The van der Waals surface area contributed by atoms with Crippen LogP contribution in [0.1, 0.15) is 63.5 Å². The van der Waals surface area contributed by atoms with Gasteiger partial charge in [0.25, 0.3) is 0 Å². The van der Waals surface area contributed by atoms with Gasteiger partial charge in [0.2, 0.25) is 0 Å². The van der Waals surface area contributed by atoms with Crippen LogP contribution in [-0.4, -0.2) is 23.2 Å². The molecule has 0 aliphatic carbocycles. The molecule has 0 amide bonds. The molecular weight excluding hydrogens is 384 g/mol. The molecule has 152 valence electrons. The first-order valence-electron chi connectivity index (χ1n) is 10.1. The smallest absolute Gasteiger partial charge is 0.170 e. The summed E-state index contributed by atoms with van der Waals surface area (Å²) in [7, 11) is 0. The van der Waals surface area contributed by atoms with Crippen LogP contribution in [0.3, 0.4) is 0 Å². The normalized spacial score (nSPS) is 11.2. The van der Waals surface area contributed by atoms with E-state index < -0.39 is 0 Å². The van der Waals surface area contributed by atoms with Gasteiger partial charge in [0, 0.05) is 13.1 Å². The van der Waals surface area contributed by atoms with E-state index in [0.29, 0.717) is 21.4 Å². The van der Waals surface area contributed by atoms with Gasteiger partial charge in [0.15, 0.2) is 5.11 Å². The maximum atomic E-state index is 9.82. The third kappa shape index (κ3) is 8.81. The lowest BCUT2D eigenvalue weighted by Crippen LogP contribution is -2.36. The number of hydrogen-bond acceptors (Lipinski definition) is 3. The summed E-state index contributed by atoms with van der Waals surface area (Å²) >= 11 is 11.0. The summed E-state index contributed by atoms with van der Waals surface area (Å²) in [5.41, 5.74) is 3.06. The zero-order chi connectivity index (χ0) is 20.8. The van der Waals surface area contributed by atoms with Crippen LogP contribution >= 0.6 is 24.4 Å². The molecule has 0 fully saturated rings. The summed E-state index contributed by atoms with van der Waals surface area (Å²) in [6, 6.07) is 10.3. The molecule has 0 aliphatic heterocycles. The van der Waals surface area contributed by atoms with Crippen LogP contribution in [0.4, 0.5) is 0 Å². The average molecular weight is 417 g/mol. The fraction of sp³-hybridized carbons (Fsp3) is 0.500. The molecule has 3 N–H and O–H groups in total. The van der Waals surface area contributed by atoms with Crippen LogP contribution in [0, 0.1) is 18.3 Å². The fourth-order valence-corrected chi connectivity index (χ4v) is 3.15. The highest BCUT2D eigenvalue weighted by Crippen LogP contribution is 2.18. The van der Waals surface area contributed by atoms with Crippen LogP contribution < -0.4 is 16.0 Å². The summed E-state index contributed by atoms with van der Waals surface area (Å²) < 4.78 is 0. The molecule has 0 radical (unpaired) electrons. The van der Waals surface area contributed by atoms with Gasteiger partial charge in [-0.1, -0.05) is 75.5 Å². The number of hydrogen-bond donors (Lipinski definition) is 3. The van der Waals surface area contributed by atoms with Gasteiger partial charge in [-0.2, -0.15) is 5.26 Å². The van der Waals surface area contributed by atoms with E-state index in [1.807, 2.05) is 31.2 Å². The molecule has 0 spiro atoms. The first-order chi connectivity index (χ1) is 13.5. The zero-order valence-electron chi connectivity index (χ0n) is 17.2.